The molecule has 4 aromatic rings. The molecule has 1 aromatic heterocycles. The van der Waals surface area contributed by atoms with Crippen LogP contribution in [0.5, 0.6) is 0 Å². The molecule has 0 saturated carbocycles. The Hall–Kier alpha value is -2.95. The maximum Gasteiger partial charge on any atom is 0.255 e. The van der Waals surface area contributed by atoms with E-state index in [-0.39, 0.29) is 18.0 Å². The zero-order valence-electron chi connectivity index (χ0n) is 21.8. The zero-order valence-corrected chi connectivity index (χ0v) is 25.7. The normalized spacial score (nSPS) is 11.8. The van der Waals surface area contributed by atoms with E-state index in [9.17, 15) is 13.2 Å². The number of aromatic nitrogens is 1. The molecule has 0 atom stereocenters. The van der Waals surface area contributed by atoms with Crippen LogP contribution < -0.4 is 5.43 Å². The molecule has 0 aliphatic heterocycles. The number of carbonyl (C=O) groups excluding carboxylic acids is 1. The molecule has 4 rings (SSSR count). The average Bonchev–Trinajstić information content (AvgIpc) is 3.19. The van der Waals surface area contributed by atoms with Crippen molar-refractivity contribution in [3.63, 3.8) is 0 Å². The Balaban J connectivity index is 1.50. The minimum Gasteiger partial charge on any atom is -0.318 e. The van der Waals surface area contributed by atoms with E-state index in [1.807, 2.05) is 66.9 Å². The molecule has 7 nitrogen and oxygen atoms in total. The van der Waals surface area contributed by atoms with Crippen molar-refractivity contribution in [2.24, 2.45) is 5.10 Å². The number of hydrogen-bond donors (Lipinski definition) is 1. The summed E-state index contributed by atoms with van der Waals surface area (Å²) in [4.78, 5) is 13.0. The maximum absolute atomic E-state index is 13.4. The Kier molecular flexibility index (Phi) is 9.86. The van der Waals surface area contributed by atoms with Crippen molar-refractivity contribution in [1.29, 1.82) is 0 Å². The van der Waals surface area contributed by atoms with Gasteiger partial charge >= 0.3 is 0 Å². The molecule has 1 N–H and O–H groups in total. The molecule has 0 radical (unpaired) electrons. The third-order valence-corrected chi connectivity index (χ3v) is 9.06. The van der Waals surface area contributed by atoms with E-state index >= 15 is 0 Å². The van der Waals surface area contributed by atoms with Crippen molar-refractivity contribution >= 4 is 61.3 Å². The Labute approximate surface area is 252 Å². The number of hydrazone groups is 1. The van der Waals surface area contributed by atoms with Gasteiger partial charge in [0.15, 0.2) is 0 Å². The fourth-order valence-electron chi connectivity index (χ4n) is 4.29. The van der Waals surface area contributed by atoms with Crippen LogP contribution in [0.2, 0.25) is 10.0 Å². The van der Waals surface area contributed by atoms with Gasteiger partial charge in [0, 0.05) is 43.7 Å². The molecule has 0 saturated heterocycles. The number of hydrogen-bond acceptors (Lipinski definition) is 4. The van der Waals surface area contributed by atoms with Crippen LogP contribution in [0, 0.1) is 13.8 Å². The lowest BCUT2D eigenvalue weighted by Crippen LogP contribution is -2.40. The van der Waals surface area contributed by atoms with Crippen molar-refractivity contribution in [2.45, 2.75) is 25.2 Å². The SMILES string of the molecule is Cc1cc(/C=N/NC(=O)CN(CCc2ccccc2)S(=O)(=O)c2ccc(Br)cc2)c(C)n1-c1cc(Cl)cc(Cl)c1. The van der Waals surface area contributed by atoms with Gasteiger partial charge in [0.25, 0.3) is 5.91 Å². The Morgan fingerprint density at radius 2 is 1.65 bits per heavy atom. The summed E-state index contributed by atoms with van der Waals surface area (Å²) in [6, 6.07) is 23.0. The topological polar surface area (TPSA) is 83.8 Å². The average molecular weight is 662 g/mol. The molecule has 0 bridgehead atoms. The van der Waals surface area contributed by atoms with Crippen LogP contribution in [0.4, 0.5) is 0 Å². The van der Waals surface area contributed by atoms with Gasteiger partial charge in [0.2, 0.25) is 10.0 Å². The summed E-state index contributed by atoms with van der Waals surface area (Å²) in [7, 11) is -3.93. The molecule has 1 heterocycles. The molecule has 0 fully saturated rings. The van der Waals surface area contributed by atoms with E-state index in [1.165, 1.54) is 22.7 Å². The highest BCUT2D eigenvalue weighted by Gasteiger charge is 2.26. The van der Waals surface area contributed by atoms with Gasteiger partial charge in [0.1, 0.15) is 0 Å². The Morgan fingerprint density at radius 1 is 1.00 bits per heavy atom. The first-order valence-electron chi connectivity index (χ1n) is 12.3. The molecule has 0 spiro atoms. The van der Waals surface area contributed by atoms with E-state index in [0.29, 0.717) is 16.5 Å². The number of nitrogens with zero attached hydrogens (tertiary/aromatic N) is 3. The number of halogens is 3. The Bertz CT molecular complexity index is 1620. The summed E-state index contributed by atoms with van der Waals surface area (Å²) in [6.45, 7) is 3.60. The third kappa shape index (κ3) is 7.41. The lowest BCUT2D eigenvalue weighted by molar-refractivity contribution is -0.121. The van der Waals surface area contributed by atoms with Crippen molar-refractivity contribution in [3.05, 3.63) is 116 Å². The minimum absolute atomic E-state index is 0.105. The van der Waals surface area contributed by atoms with Crippen molar-refractivity contribution in [1.82, 2.24) is 14.3 Å². The molecule has 3 aromatic carbocycles. The number of rotatable bonds is 10. The van der Waals surface area contributed by atoms with Crippen LogP contribution in [0.15, 0.2) is 93.3 Å². The Morgan fingerprint density at radius 3 is 2.30 bits per heavy atom. The number of amides is 1. The lowest BCUT2D eigenvalue weighted by atomic mass is 10.1. The van der Waals surface area contributed by atoms with Gasteiger partial charge in [0.05, 0.1) is 17.7 Å². The minimum atomic E-state index is -3.93. The van der Waals surface area contributed by atoms with Crippen LogP contribution in [0.3, 0.4) is 0 Å². The zero-order chi connectivity index (χ0) is 28.9. The highest BCUT2D eigenvalue weighted by atomic mass is 79.9. The molecule has 1 amide bonds. The van der Waals surface area contributed by atoms with Gasteiger partial charge in [-0.3, -0.25) is 4.79 Å². The number of nitrogens with one attached hydrogen (secondary N) is 1. The first-order chi connectivity index (χ1) is 19.0. The van der Waals surface area contributed by atoms with Gasteiger partial charge in [-0.2, -0.15) is 9.41 Å². The van der Waals surface area contributed by atoms with Crippen LogP contribution in [-0.4, -0.2) is 42.5 Å². The van der Waals surface area contributed by atoms with Crippen LogP contribution in [0.25, 0.3) is 5.69 Å². The second-order valence-electron chi connectivity index (χ2n) is 9.11. The fourth-order valence-corrected chi connectivity index (χ4v) is 6.47. The summed E-state index contributed by atoms with van der Waals surface area (Å²) in [5, 5.41) is 5.15. The van der Waals surface area contributed by atoms with Crippen LogP contribution in [0.1, 0.15) is 22.5 Å². The predicted molar refractivity (Wildman–Crippen MR) is 164 cm³/mol. The first-order valence-corrected chi connectivity index (χ1v) is 15.3. The van der Waals surface area contributed by atoms with Crippen molar-refractivity contribution < 1.29 is 13.2 Å². The van der Waals surface area contributed by atoms with Crippen molar-refractivity contribution in [3.8, 4) is 5.69 Å². The molecule has 208 valence electrons. The summed E-state index contributed by atoms with van der Waals surface area (Å²) in [5.41, 5.74) is 6.82. The van der Waals surface area contributed by atoms with E-state index < -0.39 is 15.9 Å². The molecular formula is C29H27BrCl2N4O3S. The smallest absolute Gasteiger partial charge is 0.255 e. The lowest BCUT2D eigenvalue weighted by Gasteiger charge is -2.21. The summed E-state index contributed by atoms with van der Waals surface area (Å²) in [5.74, 6) is -0.555. The summed E-state index contributed by atoms with van der Waals surface area (Å²) >= 11 is 15.7. The quantitative estimate of drug-likeness (QED) is 0.155. The van der Waals surface area contributed by atoms with Gasteiger partial charge in [-0.05, 0) is 74.4 Å². The highest BCUT2D eigenvalue weighted by Crippen LogP contribution is 2.26. The van der Waals surface area contributed by atoms with Gasteiger partial charge in [-0.1, -0.05) is 69.5 Å². The van der Waals surface area contributed by atoms with E-state index in [1.54, 1.807) is 18.2 Å². The standard InChI is InChI=1S/C29H27BrCl2N4O3S/c1-20-14-23(21(2)36(20)27-16-25(31)15-26(32)17-27)18-33-34-29(37)19-35(13-12-22-6-4-3-5-7-22)40(38,39)28-10-8-24(30)9-11-28/h3-11,14-18H,12-13,19H2,1-2H3,(H,34,37)/b33-18+. The number of carbonyl (C=O) groups is 1. The van der Waals surface area contributed by atoms with E-state index in [4.69, 9.17) is 23.2 Å². The second kappa shape index (κ2) is 13.1. The number of aryl methyl sites for hydroxylation is 1. The summed E-state index contributed by atoms with van der Waals surface area (Å²) in [6.07, 6.45) is 1.98. The molecule has 0 aliphatic carbocycles. The molecule has 40 heavy (non-hydrogen) atoms. The highest BCUT2D eigenvalue weighted by molar-refractivity contribution is 9.10. The van der Waals surface area contributed by atoms with Crippen LogP contribution >= 0.6 is 39.1 Å². The van der Waals surface area contributed by atoms with E-state index in [0.717, 1.165) is 32.7 Å². The van der Waals surface area contributed by atoms with E-state index in [2.05, 4.69) is 26.5 Å². The number of benzene rings is 3. The maximum atomic E-state index is 13.4. The van der Waals surface area contributed by atoms with Gasteiger partial charge in [-0.15, -0.1) is 0 Å². The number of sulfonamides is 1. The molecule has 0 aliphatic rings. The fraction of sp³-hybridized carbons (Fsp3) is 0.172. The van der Waals surface area contributed by atoms with Gasteiger partial charge < -0.3 is 4.57 Å². The predicted octanol–water partition coefficient (Wildman–Crippen LogP) is 6.55. The largest absolute Gasteiger partial charge is 0.318 e. The third-order valence-electron chi connectivity index (χ3n) is 6.23. The molecule has 0 unspecified atom stereocenters. The molecule has 11 heteroatoms. The van der Waals surface area contributed by atoms with Gasteiger partial charge in [-0.25, -0.2) is 13.8 Å². The van der Waals surface area contributed by atoms with Crippen LogP contribution in [-0.2, 0) is 21.2 Å². The summed E-state index contributed by atoms with van der Waals surface area (Å²) < 4.78 is 30.8. The monoisotopic (exact) mass is 660 g/mol. The second-order valence-corrected chi connectivity index (χ2v) is 12.8. The molecular weight excluding hydrogens is 635 g/mol. The first kappa shape index (κ1) is 30.0. The van der Waals surface area contributed by atoms with Crippen molar-refractivity contribution in [2.75, 3.05) is 13.1 Å².